The van der Waals surface area contributed by atoms with Gasteiger partial charge in [0, 0.05) is 6.54 Å². The topological polar surface area (TPSA) is 85.1 Å². The van der Waals surface area contributed by atoms with Crippen molar-refractivity contribution in [3.05, 3.63) is 35.9 Å². The van der Waals surface area contributed by atoms with Gasteiger partial charge < -0.3 is 15.2 Å². The van der Waals surface area contributed by atoms with Crippen molar-refractivity contribution in [2.45, 2.75) is 12.2 Å². The lowest BCUT2D eigenvalue weighted by atomic mass is 10.1. The van der Waals surface area contributed by atoms with Crippen molar-refractivity contribution in [2.24, 2.45) is 5.73 Å². The average Bonchev–Trinajstić information content (AvgIpc) is 2.89. The van der Waals surface area contributed by atoms with E-state index >= 15 is 0 Å². The van der Waals surface area contributed by atoms with Crippen molar-refractivity contribution >= 4 is 24.4 Å². The second-order valence-corrected chi connectivity index (χ2v) is 4.95. The summed E-state index contributed by atoms with van der Waals surface area (Å²) < 4.78 is 10.7. The zero-order valence-electron chi connectivity index (χ0n) is 11.9. The van der Waals surface area contributed by atoms with Gasteiger partial charge in [-0.15, -0.1) is 12.4 Å². The van der Waals surface area contributed by atoms with E-state index in [2.05, 4.69) is 0 Å². The first-order valence-electron chi connectivity index (χ1n) is 6.86. The van der Waals surface area contributed by atoms with Gasteiger partial charge in [-0.3, -0.25) is 4.79 Å². The summed E-state index contributed by atoms with van der Waals surface area (Å²) in [4.78, 5) is 24.4. The summed E-state index contributed by atoms with van der Waals surface area (Å²) >= 11 is 0. The fourth-order valence-corrected chi connectivity index (χ4v) is 2.51. The monoisotopic (exact) mass is 327 g/mol. The highest BCUT2D eigenvalue weighted by molar-refractivity contribution is 5.85. The van der Waals surface area contributed by atoms with Crippen LogP contribution in [0.15, 0.2) is 30.3 Å². The molecule has 7 nitrogen and oxygen atoms in total. The molecule has 120 valence electrons. The first-order chi connectivity index (χ1) is 10.2. The van der Waals surface area contributed by atoms with E-state index in [9.17, 15) is 9.59 Å². The van der Waals surface area contributed by atoms with Gasteiger partial charge in [0.2, 0.25) is 0 Å². The van der Waals surface area contributed by atoms with Gasteiger partial charge in [0.25, 0.3) is 5.91 Å². The number of amides is 2. The Kier molecular flexibility index (Phi) is 5.23. The minimum absolute atomic E-state index is 0. The van der Waals surface area contributed by atoms with E-state index in [-0.39, 0.29) is 31.0 Å². The number of morpholine rings is 1. The molecule has 2 heterocycles. The maximum Gasteiger partial charge on any atom is 0.429 e. The average molecular weight is 328 g/mol. The molecule has 0 saturated carbocycles. The Morgan fingerprint density at radius 3 is 2.55 bits per heavy atom. The van der Waals surface area contributed by atoms with Gasteiger partial charge in [0.15, 0.2) is 6.10 Å². The Morgan fingerprint density at radius 1 is 1.18 bits per heavy atom. The molecule has 1 aromatic rings. The number of nitrogens with two attached hydrogens (primary N) is 1. The Balaban J connectivity index is 0.00000176. The van der Waals surface area contributed by atoms with Crippen LogP contribution < -0.4 is 5.73 Å². The number of hydrogen-bond donors (Lipinski definition) is 1. The molecule has 2 aliphatic rings. The summed E-state index contributed by atoms with van der Waals surface area (Å²) in [5, 5.41) is 2.72. The first-order valence-corrected chi connectivity index (χ1v) is 6.86. The molecule has 2 atom stereocenters. The van der Waals surface area contributed by atoms with Crippen molar-refractivity contribution in [1.29, 1.82) is 0 Å². The van der Waals surface area contributed by atoms with Gasteiger partial charge in [-0.2, -0.15) is 0 Å². The summed E-state index contributed by atoms with van der Waals surface area (Å²) in [6, 6.07) is 9.23. The first kappa shape index (κ1) is 16.5. The minimum Gasteiger partial charge on any atom is -0.442 e. The molecule has 2 saturated heterocycles. The second kappa shape index (κ2) is 6.95. The Hall–Kier alpha value is -1.83. The highest BCUT2D eigenvalue weighted by atomic mass is 35.5. The number of carbonyl (C=O) groups is 2. The smallest absolute Gasteiger partial charge is 0.429 e. The Labute approximate surface area is 134 Å². The highest BCUT2D eigenvalue weighted by Gasteiger charge is 2.41. The molecule has 0 spiro atoms. The SMILES string of the molecule is Cl.NCC1CN(N2CCOC(c3ccccc3)C2=O)C(=O)O1. The van der Waals surface area contributed by atoms with Crippen molar-refractivity contribution in [1.82, 2.24) is 10.0 Å². The van der Waals surface area contributed by atoms with Crippen LogP contribution >= 0.6 is 12.4 Å². The molecule has 0 bridgehead atoms. The number of hydrazine groups is 1. The lowest BCUT2D eigenvalue weighted by Gasteiger charge is -2.36. The van der Waals surface area contributed by atoms with E-state index in [0.717, 1.165) is 5.56 Å². The quantitative estimate of drug-likeness (QED) is 0.883. The molecule has 2 fully saturated rings. The molecule has 3 rings (SSSR count). The third-order valence-electron chi connectivity index (χ3n) is 3.58. The van der Waals surface area contributed by atoms with Crippen molar-refractivity contribution in [3.8, 4) is 0 Å². The molecular weight excluding hydrogens is 310 g/mol. The van der Waals surface area contributed by atoms with E-state index in [4.69, 9.17) is 15.2 Å². The zero-order valence-corrected chi connectivity index (χ0v) is 12.7. The fraction of sp³-hybridized carbons (Fsp3) is 0.429. The summed E-state index contributed by atoms with van der Waals surface area (Å²) in [5.74, 6) is -0.262. The van der Waals surface area contributed by atoms with Crippen molar-refractivity contribution in [3.63, 3.8) is 0 Å². The molecule has 2 unspecified atom stereocenters. The van der Waals surface area contributed by atoms with E-state index in [1.54, 1.807) is 0 Å². The van der Waals surface area contributed by atoms with Gasteiger partial charge in [-0.1, -0.05) is 30.3 Å². The molecule has 1 aromatic carbocycles. The molecule has 0 aliphatic carbocycles. The fourth-order valence-electron chi connectivity index (χ4n) is 2.51. The highest BCUT2D eigenvalue weighted by Crippen LogP contribution is 2.26. The number of halogens is 1. The van der Waals surface area contributed by atoms with Crippen molar-refractivity contribution < 1.29 is 19.1 Å². The third kappa shape index (κ3) is 3.01. The maximum atomic E-state index is 12.6. The predicted molar refractivity (Wildman–Crippen MR) is 80.1 cm³/mol. The largest absolute Gasteiger partial charge is 0.442 e. The van der Waals surface area contributed by atoms with Gasteiger partial charge in [0.1, 0.15) is 6.10 Å². The van der Waals surface area contributed by atoms with Crippen LogP contribution in [0, 0.1) is 0 Å². The summed E-state index contributed by atoms with van der Waals surface area (Å²) in [6.45, 7) is 1.22. The lowest BCUT2D eigenvalue weighted by molar-refractivity contribution is -0.170. The van der Waals surface area contributed by atoms with Gasteiger partial charge in [-0.05, 0) is 5.56 Å². The standard InChI is InChI=1S/C14H17N3O4.ClH/c15-8-11-9-17(14(19)21-11)16-6-7-20-12(13(16)18)10-4-2-1-3-5-10;/h1-5,11-12H,6-9,15H2;1H. The van der Waals surface area contributed by atoms with E-state index < -0.39 is 12.2 Å². The number of rotatable bonds is 3. The van der Waals surface area contributed by atoms with Crippen LogP contribution in [-0.2, 0) is 14.3 Å². The molecule has 0 aromatic heterocycles. The van der Waals surface area contributed by atoms with Crippen LogP contribution in [0.2, 0.25) is 0 Å². The number of nitrogens with zero attached hydrogens (tertiary/aromatic N) is 2. The molecule has 2 amide bonds. The summed E-state index contributed by atoms with van der Waals surface area (Å²) in [6.07, 6.45) is -1.60. The molecule has 2 N–H and O–H groups in total. The van der Waals surface area contributed by atoms with Crippen LogP contribution in [0.5, 0.6) is 0 Å². The van der Waals surface area contributed by atoms with Crippen LogP contribution in [0.25, 0.3) is 0 Å². The van der Waals surface area contributed by atoms with Crippen LogP contribution in [0.3, 0.4) is 0 Å². The maximum absolute atomic E-state index is 12.6. The lowest BCUT2D eigenvalue weighted by Crippen LogP contribution is -2.53. The van der Waals surface area contributed by atoms with E-state index in [1.807, 2.05) is 30.3 Å². The van der Waals surface area contributed by atoms with Crippen LogP contribution in [0.4, 0.5) is 4.79 Å². The number of carbonyl (C=O) groups excluding carboxylic acids is 2. The van der Waals surface area contributed by atoms with Crippen LogP contribution in [-0.4, -0.2) is 54.4 Å². The van der Waals surface area contributed by atoms with Gasteiger partial charge >= 0.3 is 6.09 Å². The summed E-state index contributed by atoms with van der Waals surface area (Å²) in [7, 11) is 0. The molecular formula is C14H18ClN3O4. The Bertz CT molecular complexity index is 542. The van der Waals surface area contributed by atoms with E-state index in [1.165, 1.54) is 10.0 Å². The number of hydrogen-bond acceptors (Lipinski definition) is 5. The van der Waals surface area contributed by atoms with Gasteiger partial charge in [-0.25, -0.2) is 14.8 Å². The normalized spacial score (nSPS) is 25.0. The third-order valence-corrected chi connectivity index (χ3v) is 3.58. The minimum atomic E-state index is -0.690. The van der Waals surface area contributed by atoms with E-state index in [0.29, 0.717) is 19.7 Å². The van der Waals surface area contributed by atoms with Gasteiger partial charge in [0.05, 0.1) is 19.7 Å². The molecule has 2 aliphatic heterocycles. The number of benzene rings is 1. The molecule has 8 heteroatoms. The van der Waals surface area contributed by atoms with Crippen molar-refractivity contribution in [2.75, 3.05) is 26.2 Å². The summed E-state index contributed by atoms with van der Waals surface area (Å²) in [5.41, 5.74) is 6.28. The number of ether oxygens (including phenoxy) is 2. The molecule has 22 heavy (non-hydrogen) atoms. The zero-order chi connectivity index (χ0) is 14.8. The Morgan fingerprint density at radius 2 is 1.91 bits per heavy atom. The molecule has 0 radical (unpaired) electrons. The van der Waals surface area contributed by atoms with Crippen LogP contribution in [0.1, 0.15) is 11.7 Å². The predicted octanol–water partition coefficient (Wildman–Crippen LogP) is 0.703. The second-order valence-electron chi connectivity index (χ2n) is 4.95. The number of cyclic esters (lactones) is 1.